The normalized spacial score (nSPS) is 19.7. The monoisotopic (exact) mass is 433 g/mol. The molecule has 1 N–H and O–H groups in total. The molecule has 10 heteroatoms. The third-order valence-corrected chi connectivity index (χ3v) is 5.27. The minimum absolute atomic E-state index is 0.0434. The van der Waals surface area contributed by atoms with Crippen LogP contribution in [0.3, 0.4) is 0 Å². The van der Waals surface area contributed by atoms with Gasteiger partial charge in [-0.2, -0.15) is 18.3 Å². The van der Waals surface area contributed by atoms with Crippen LogP contribution in [-0.2, 0) is 22.1 Å². The van der Waals surface area contributed by atoms with E-state index in [1.165, 1.54) is 7.11 Å². The van der Waals surface area contributed by atoms with Gasteiger partial charge < -0.3 is 14.8 Å². The van der Waals surface area contributed by atoms with Crippen molar-refractivity contribution in [3.8, 4) is 0 Å². The largest absolute Gasteiger partial charge is 0.509 e. The van der Waals surface area contributed by atoms with Gasteiger partial charge in [-0.1, -0.05) is 24.3 Å². The molecular weight excluding hydrogens is 415 g/mol. The lowest BCUT2D eigenvalue weighted by Gasteiger charge is -2.33. The minimum atomic E-state index is -4.47. The Morgan fingerprint density at radius 3 is 2.52 bits per heavy atom. The number of carbonyl (C=O) groups is 2. The summed E-state index contributed by atoms with van der Waals surface area (Å²) >= 11 is 0. The number of fused-ring (bicyclic) bond motifs is 3. The Hall–Kier alpha value is -3.56. The number of alkyl halides is 3. The highest BCUT2D eigenvalue weighted by Crippen LogP contribution is 2.38. The smallest absolute Gasteiger partial charge is 0.438 e. The quantitative estimate of drug-likeness (QED) is 0.711. The van der Waals surface area contributed by atoms with Crippen LogP contribution in [0.5, 0.6) is 0 Å². The van der Waals surface area contributed by atoms with Crippen molar-refractivity contribution in [2.75, 3.05) is 19.0 Å². The first-order valence-electron chi connectivity index (χ1n) is 9.42. The molecule has 1 unspecified atom stereocenters. The van der Waals surface area contributed by atoms with Gasteiger partial charge in [0, 0.05) is 11.3 Å². The lowest BCUT2D eigenvalue weighted by molar-refractivity contribution is -0.137. The Labute approximate surface area is 175 Å². The SMILES string of the molecule is COC(=O)OC12CCc3ccccc3C1=NN(C(=O)Nc1ccc(C(F)(F)F)cc1)C2. The molecule has 7 nitrogen and oxygen atoms in total. The highest BCUT2D eigenvalue weighted by molar-refractivity contribution is 6.11. The van der Waals surface area contributed by atoms with Crippen molar-refractivity contribution in [3.63, 3.8) is 0 Å². The molecule has 1 heterocycles. The number of amides is 2. The molecule has 1 aliphatic carbocycles. The van der Waals surface area contributed by atoms with Crippen LogP contribution in [0.25, 0.3) is 0 Å². The maximum Gasteiger partial charge on any atom is 0.509 e. The van der Waals surface area contributed by atoms with Crippen molar-refractivity contribution >= 4 is 23.6 Å². The van der Waals surface area contributed by atoms with Gasteiger partial charge in [0.15, 0.2) is 5.60 Å². The second-order valence-corrected chi connectivity index (χ2v) is 7.22. The molecule has 2 aliphatic rings. The van der Waals surface area contributed by atoms with E-state index in [0.29, 0.717) is 18.6 Å². The third-order valence-electron chi connectivity index (χ3n) is 5.27. The first kappa shape index (κ1) is 20.7. The predicted molar refractivity (Wildman–Crippen MR) is 105 cm³/mol. The first-order chi connectivity index (χ1) is 14.7. The first-order valence-corrected chi connectivity index (χ1v) is 9.42. The molecule has 0 saturated heterocycles. The van der Waals surface area contributed by atoms with Crippen molar-refractivity contribution in [1.29, 1.82) is 0 Å². The van der Waals surface area contributed by atoms with Crippen LogP contribution in [0.15, 0.2) is 53.6 Å². The highest BCUT2D eigenvalue weighted by atomic mass is 19.4. The van der Waals surface area contributed by atoms with Crippen LogP contribution in [0.4, 0.5) is 28.4 Å². The van der Waals surface area contributed by atoms with Crippen molar-refractivity contribution in [1.82, 2.24) is 5.01 Å². The molecule has 0 spiro atoms. The molecule has 1 aliphatic heterocycles. The zero-order chi connectivity index (χ0) is 22.2. The van der Waals surface area contributed by atoms with Gasteiger partial charge in [-0.25, -0.2) is 14.6 Å². The summed E-state index contributed by atoms with van der Waals surface area (Å²) < 4.78 is 48.4. The van der Waals surface area contributed by atoms with Crippen LogP contribution < -0.4 is 5.32 Å². The van der Waals surface area contributed by atoms with Crippen LogP contribution in [0, 0.1) is 0 Å². The van der Waals surface area contributed by atoms with Crippen molar-refractivity contribution in [3.05, 3.63) is 65.2 Å². The molecule has 4 rings (SSSR count). The van der Waals surface area contributed by atoms with Gasteiger partial charge in [-0.15, -0.1) is 0 Å². The summed E-state index contributed by atoms with van der Waals surface area (Å²) in [6, 6.07) is 10.9. The number of methoxy groups -OCH3 is 1. The van der Waals surface area contributed by atoms with E-state index in [1.807, 2.05) is 24.3 Å². The summed E-state index contributed by atoms with van der Waals surface area (Å²) in [5.41, 5.74) is 0.398. The molecule has 2 aromatic rings. The number of nitrogens with one attached hydrogen (secondary N) is 1. The summed E-state index contributed by atoms with van der Waals surface area (Å²) in [5.74, 6) is 0. The Balaban J connectivity index is 1.59. The number of hydrogen-bond acceptors (Lipinski definition) is 5. The molecule has 1 atom stereocenters. The van der Waals surface area contributed by atoms with Crippen LogP contribution in [0.2, 0.25) is 0 Å². The summed E-state index contributed by atoms with van der Waals surface area (Å²) in [7, 11) is 1.19. The molecule has 0 radical (unpaired) electrons. The van der Waals surface area contributed by atoms with E-state index in [9.17, 15) is 22.8 Å². The molecule has 2 aromatic carbocycles. The Kier molecular flexibility index (Phi) is 5.08. The summed E-state index contributed by atoms with van der Waals surface area (Å²) in [6.07, 6.45) is -4.34. The molecule has 0 fully saturated rings. The Morgan fingerprint density at radius 2 is 1.84 bits per heavy atom. The average molecular weight is 433 g/mol. The minimum Gasteiger partial charge on any atom is -0.438 e. The number of hydrazone groups is 1. The molecule has 162 valence electrons. The summed E-state index contributed by atoms with van der Waals surface area (Å²) in [5, 5.41) is 8.02. The number of carbonyl (C=O) groups excluding carboxylic acids is 2. The predicted octanol–water partition coefficient (Wildman–Crippen LogP) is 4.43. The standard InChI is InChI=1S/C21H18F3N3O4/c1-30-19(29)31-20-11-10-13-4-2-3-5-16(13)17(20)26-27(12-20)18(28)25-15-8-6-14(7-9-15)21(22,23)24/h2-9H,10-12H2,1H3,(H,25,28). The van der Waals surface area contributed by atoms with E-state index >= 15 is 0 Å². The lowest BCUT2D eigenvalue weighted by atomic mass is 9.79. The fourth-order valence-corrected chi connectivity index (χ4v) is 3.75. The summed E-state index contributed by atoms with van der Waals surface area (Å²) in [6.45, 7) is -0.0434. The third kappa shape index (κ3) is 3.92. The van der Waals surface area contributed by atoms with E-state index in [1.54, 1.807) is 0 Å². The average Bonchev–Trinajstić information content (AvgIpc) is 3.13. The van der Waals surface area contributed by atoms with Crippen LogP contribution in [0.1, 0.15) is 23.1 Å². The maximum atomic E-state index is 12.8. The lowest BCUT2D eigenvalue weighted by Crippen LogP contribution is -2.49. The number of urea groups is 1. The number of hydrogen-bond donors (Lipinski definition) is 1. The van der Waals surface area contributed by atoms with E-state index in [-0.39, 0.29) is 12.2 Å². The fraction of sp³-hybridized carbons (Fsp3) is 0.286. The molecule has 0 saturated carbocycles. The van der Waals surface area contributed by atoms with Crippen molar-refractivity contribution < 1.29 is 32.2 Å². The van der Waals surface area contributed by atoms with E-state index in [4.69, 9.17) is 4.74 Å². The second-order valence-electron chi connectivity index (χ2n) is 7.22. The zero-order valence-electron chi connectivity index (χ0n) is 16.4. The van der Waals surface area contributed by atoms with E-state index in [2.05, 4.69) is 15.2 Å². The molecular formula is C21H18F3N3O4. The Bertz CT molecular complexity index is 1050. The number of benzene rings is 2. The highest BCUT2D eigenvalue weighted by Gasteiger charge is 2.51. The van der Waals surface area contributed by atoms with Gasteiger partial charge in [-0.3, -0.25) is 0 Å². The number of ether oxygens (including phenoxy) is 2. The van der Waals surface area contributed by atoms with Gasteiger partial charge in [0.25, 0.3) is 0 Å². The van der Waals surface area contributed by atoms with Gasteiger partial charge in [0.2, 0.25) is 0 Å². The van der Waals surface area contributed by atoms with Gasteiger partial charge in [-0.05, 0) is 42.7 Å². The van der Waals surface area contributed by atoms with Gasteiger partial charge >= 0.3 is 18.4 Å². The molecule has 31 heavy (non-hydrogen) atoms. The molecule has 0 aromatic heterocycles. The molecule has 2 amide bonds. The fourth-order valence-electron chi connectivity index (χ4n) is 3.75. The number of rotatable bonds is 2. The van der Waals surface area contributed by atoms with Crippen LogP contribution in [-0.4, -0.2) is 42.2 Å². The van der Waals surface area contributed by atoms with Gasteiger partial charge in [0.05, 0.1) is 19.2 Å². The topological polar surface area (TPSA) is 80.2 Å². The van der Waals surface area contributed by atoms with E-state index < -0.39 is 29.5 Å². The zero-order valence-corrected chi connectivity index (χ0v) is 16.4. The molecule has 0 bridgehead atoms. The number of aryl methyl sites for hydroxylation is 1. The van der Waals surface area contributed by atoms with Crippen molar-refractivity contribution in [2.24, 2.45) is 5.10 Å². The Morgan fingerprint density at radius 1 is 1.13 bits per heavy atom. The van der Waals surface area contributed by atoms with Crippen molar-refractivity contribution in [2.45, 2.75) is 24.6 Å². The van der Waals surface area contributed by atoms with Gasteiger partial charge in [0.1, 0.15) is 5.71 Å². The second kappa shape index (κ2) is 7.60. The van der Waals surface area contributed by atoms with Crippen LogP contribution >= 0.6 is 0 Å². The number of anilines is 1. The number of nitrogens with zero attached hydrogens (tertiary/aromatic N) is 2. The summed E-state index contributed by atoms with van der Waals surface area (Å²) in [4.78, 5) is 24.7. The van der Waals surface area contributed by atoms with E-state index in [0.717, 1.165) is 40.4 Å². The number of halogens is 3. The maximum absolute atomic E-state index is 12.8.